The van der Waals surface area contributed by atoms with E-state index in [1.807, 2.05) is 48.5 Å². The van der Waals surface area contributed by atoms with Crippen LogP contribution < -0.4 is 4.74 Å². The lowest BCUT2D eigenvalue weighted by Crippen LogP contribution is -2.04. The Balaban J connectivity index is 1.90. The van der Waals surface area contributed by atoms with E-state index < -0.39 is 5.97 Å². The highest BCUT2D eigenvalue weighted by atomic mass is 35.5. The predicted octanol–water partition coefficient (Wildman–Crippen LogP) is 5.72. The Bertz CT molecular complexity index is 1180. The maximum atomic E-state index is 11.3. The molecule has 0 saturated heterocycles. The third-order valence-corrected chi connectivity index (χ3v) is 5.10. The summed E-state index contributed by atoms with van der Waals surface area (Å²) in [6, 6.07) is 22.7. The Hall–Kier alpha value is -3.24. The minimum atomic E-state index is -0.935. The molecule has 0 fully saturated rings. The van der Waals surface area contributed by atoms with E-state index in [1.165, 1.54) is 0 Å². The van der Waals surface area contributed by atoms with E-state index >= 15 is 0 Å². The molecule has 4 rings (SSSR count). The van der Waals surface area contributed by atoms with Crippen LogP contribution in [0.5, 0.6) is 5.75 Å². The maximum Gasteiger partial charge on any atom is 0.335 e. The Morgan fingerprint density at radius 1 is 1.04 bits per heavy atom. The minimum Gasteiger partial charge on any atom is -0.497 e. The van der Waals surface area contributed by atoms with Gasteiger partial charge in [0.05, 0.1) is 18.4 Å². The van der Waals surface area contributed by atoms with Crippen molar-refractivity contribution in [3.63, 3.8) is 0 Å². The zero-order valence-electron chi connectivity index (χ0n) is 15.2. The average molecular weight is 392 g/mol. The zero-order chi connectivity index (χ0) is 19.7. The van der Waals surface area contributed by atoms with Gasteiger partial charge in [0.15, 0.2) is 0 Å². The number of hydrogen-bond acceptors (Lipinski definition) is 2. The molecule has 1 aromatic heterocycles. The number of nitrogens with zero attached hydrogens (tertiary/aromatic N) is 1. The smallest absolute Gasteiger partial charge is 0.335 e. The van der Waals surface area contributed by atoms with Gasteiger partial charge in [-0.1, -0.05) is 41.9 Å². The molecule has 0 unspecified atom stereocenters. The summed E-state index contributed by atoms with van der Waals surface area (Å²) in [5, 5.41) is 11.0. The van der Waals surface area contributed by atoms with Gasteiger partial charge in [0.25, 0.3) is 0 Å². The molecule has 1 N–H and O–H groups in total. The standard InChI is InChI=1S/C23H18ClNO3/c1-28-18-9-10-21-17(12-18)13-22(19-7-2-3-8-20(19)24)25(21)14-15-5-4-6-16(11-15)23(26)27/h2-13H,14H2,1H3,(H,26,27). The van der Waals surface area contributed by atoms with Gasteiger partial charge in [-0.15, -0.1) is 0 Å². The van der Waals surface area contributed by atoms with Crippen LogP contribution in [0.25, 0.3) is 22.2 Å². The van der Waals surface area contributed by atoms with Gasteiger partial charge in [-0.25, -0.2) is 4.79 Å². The van der Waals surface area contributed by atoms with E-state index in [4.69, 9.17) is 16.3 Å². The number of halogens is 1. The lowest BCUT2D eigenvalue weighted by molar-refractivity contribution is 0.0696. The number of carboxylic acid groups (broad SMARTS) is 1. The molecule has 0 radical (unpaired) electrons. The number of benzene rings is 3. The summed E-state index contributed by atoms with van der Waals surface area (Å²) in [7, 11) is 1.64. The van der Waals surface area contributed by atoms with Gasteiger partial charge < -0.3 is 14.4 Å². The number of rotatable bonds is 5. The Labute approximate surface area is 167 Å². The fraction of sp³-hybridized carbons (Fsp3) is 0.0870. The van der Waals surface area contributed by atoms with Gasteiger partial charge >= 0.3 is 5.97 Å². The highest BCUT2D eigenvalue weighted by molar-refractivity contribution is 6.33. The van der Waals surface area contributed by atoms with Crippen LogP contribution in [0.3, 0.4) is 0 Å². The largest absolute Gasteiger partial charge is 0.497 e. The normalized spacial score (nSPS) is 10.9. The highest BCUT2D eigenvalue weighted by Crippen LogP contribution is 2.34. The van der Waals surface area contributed by atoms with Crippen molar-refractivity contribution in [3.05, 3.63) is 88.9 Å². The average Bonchev–Trinajstić information content (AvgIpc) is 3.05. The van der Waals surface area contributed by atoms with Gasteiger partial charge in [0, 0.05) is 28.0 Å². The number of fused-ring (bicyclic) bond motifs is 1. The Morgan fingerprint density at radius 3 is 2.61 bits per heavy atom. The molecule has 0 aliphatic rings. The van der Waals surface area contributed by atoms with Crippen LogP contribution in [0.2, 0.25) is 5.02 Å². The van der Waals surface area contributed by atoms with E-state index in [1.54, 1.807) is 25.3 Å². The SMILES string of the molecule is COc1ccc2c(c1)cc(-c1ccccc1Cl)n2Cc1cccc(C(=O)O)c1. The second kappa shape index (κ2) is 7.41. The molecular weight excluding hydrogens is 374 g/mol. The number of methoxy groups -OCH3 is 1. The highest BCUT2D eigenvalue weighted by Gasteiger charge is 2.15. The Morgan fingerprint density at radius 2 is 1.86 bits per heavy atom. The van der Waals surface area contributed by atoms with Crippen LogP contribution >= 0.6 is 11.6 Å². The molecule has 0 spiro atoms. The number of aromatic nitrogens is 1. The zero-order valence-corrected chi connectivity index (χ0v) is 16.0. The van der Waals surface area contributed by atoms with Crippen LogP contribution in [0.15, 0.2) is 72.8 Å². The quantitative estimate of drug-likeness (QED) is 0.473. The molecular formula is C23H18ClNO3. The van der Waals surface area contributed by atoms with Crippen molar-refractivity contribution in [2.45, 2.75) is 6.54 Å². The molecule has 1 heterocycles. The number of hydrogen-bond donors (Lipinski definition) is 1. The summed E-state index contributed by atoms with van der Waals surface area (Å²) in [5.74, 6) is -0.154. The van der Waals surface area contributed by atoms with E-state index in [2.05, 4.69) is 10.6 Å². The first kappa shape index (κ1) is 18.1. The van der Waals surface area contributed by atoms with Crippen molar-refractivity contribution in [3.8, 4) is 17.0 Å². The lowest BCUT2D eigenvalue weighted by Gasteiger charge is -2.13. The molecule has 3 aromatic carbocycles. The van der Waals surface area contributed by atoms with Crippen LogP contribution in [0, 0.1) is 0 Å². The topological polar surface area (TPSA) is 51.5 Å². The summed E-state index contributed by atoms with van der Waals surface area (Å²) in [6.45, 7) is 0.525. The molecule has 4 nitrogen and oxygen atoms in total. The predicted molar refractivity (Wildman–Crippen MR) is 111 cm³/mol. The summed E-state index contributed by atoms with van der Waals surface area (Å²) in [4.78, 5) is 11.3. The third kappa shape index (κ3) is 3.35. The molecule has 5 heteroatoms. The second-order valence-corrected chi connectivity index (χ2v) is 6.93. The van der Waals surface area contributed by atoms with Crippen molar-refractivity contribution in [1.82, 2.24) is 4.57 Å². The summed E-state index contributed by atoms with van der Waals surface area (Å²) in [5.41, 5.74) is 4.09. The fourth-order valence-electron chi connectivity index (χ4n) is 3.42. The first-order valence-electron chi connectivity index (χ1n) is 8.81. The van der Waals surface area contributed by atoms with Crippen molar-refractivity contribution >= 4 is 28.5 Å². The van der Waals surface area contributed by atoms with E-state index in [9.17, 15) is 9.90 Å². The van der Waals surface area contributed by atoms with Crippen molar-refractivity contribution in [2.75, 3.05) is 7.11 Å². The van der Waals surface area contributed by atoms with Crippen LogP contribution in [-0.2, 0) is 6.54 Å². The summed E-state index contributed by atoms with van der Waals surface area (Å²) >= 11 is 6.47. The fourth-order valence-corrected chi connectivity index (χ4v) is 3.66. The molecule has 4 aromatic rings. The number of carbonyl (C=O) groups is 1. The molecule has 0 saturated carbocycles. The first-order chi connectivity index (χ1) is 13.6. The molecule has 0 aliphatic carbocycles. The molecule has 0 aliphatic heterocycles. The van der Waals surface area contributed by atoms with Crippen molar-refractivity contribution in [1.29, 1.82) is 0 Å². The Kier molecular flexibility index (Phi) is 4.80. The first-order valence-corrected chi connectivity index (χ1v) is 9.19. The molecule has 0 atom stereocenters. The van der Waals surface area contributed by atoms with Crippen LogP contribution in [-0.4, -0.2) is 22.8 Å². The van der Waals surface area contributed by atoms with Gasteiger partial charge in [-0.3, -0.25) is 0 Å². The minimum absolute atomic E-state index is 0.273. The number of aromatic carboxylic acids is 1. The summed E-state index contributed by atoms with van der Waals surface area (Å²) < 4.78 is 7.51. The maximum absolute atomic E-state index is 11.3. The monoisotopic (exact) mass is 391 g/mol. The molecule has 0 bridgehead atoms. The molecule has 0 amide bonds. The summed E-state index contributed by atoms with van der Waals surface area (Å²) in [6.07, 6.45) is 0. The van der Waals surface area contributed by atoms with Gasteiger partial charge in [0.1, 0.15) is 5.75 Å². The molecule has 140 valence electrons. The van der Waals surface area contributed by atoms with E-state index in [0.29, 0.717) is 11.6 Å². The number of ether oxygens (including phenoxy) is 1. The second-order valence-electron chi connectivity index (χ2n) is 6.53. The number of carboxylic acids is 1. The van der Waals surface area contributed by atoms with E-state index in [0.717, 1.165) is 33.5 Å². The third-order valence-electron chi connectivity index (χ3n) is 4.77. The lowest BCUT2D eigenvalue weighted by atomic mass is 10.1. The van der Waals surface area contributed by atoms with E-state index in [-0.39, 0.29) is 5.56 Å². The van der Waals surface area contributed by atoms with Crippen molar-refractivity contribution in [2.24, 2.45) is 0 Å². The van der Waals surface area contributed by atoms with Crippen LogP contribution in [0.1, 0.15) is 15.9 Å². The van der Waals surface area contributed by atoms with Crippen molar-refractivity contribution < 1.29 is 14.6 Å². The van der Waals surface area contributed by atoms with Crippen LogP contribution in [0.4, 0.5) is 0 Å². The van der Waals surface area contributed by atoms with Gasteiger partial charge in [-0.2, -0.15) is 0 Å². The van der Waals surface area contributed by atoms with Gasteiger partial charge in [-0.05, 0) is 48.0 Å². The molecule has 28 heavy (non-hydrogen) atoms. The van der Waals surface area contributed by atoms with Gasteiger partial charge in [0.2, 0.25) is 0 Å².